The maximum atomic E-state index is 13.2. The molecule has 0 radical (unpaired) electrons. The summed E-state index contributed by atoms with van der Waals surface area (Å²) in [5, 5.41) is 0. The van der Waals surface area contributed by atoms with Crippen LogP contribution in [0.15, 0.2) is 36.4 Å². The van der Waals surface area contributed by atoms with Crippen LogP contribution in [-0.4, -0.2) is 12.8 Å². The van der Waals surface area contributed by atoms with Crippen LogP contribution in [-0.2, 0) is 0 Å². The van der Waals surface area contributed by atoms with Gasteiger partial charge in [0.2, 0.25) is 0 Å². The number of hydrogen-bond acceptors (Lipinski definition) is 2. The molecule has 0 spiro atoms. The van der Waals surface area contributed by atoms with E-state index in [-0.39, 0.29) is 22.6 Å². The highest BCUT2D eigenvalue weighted by molar-refractivity contribution is 5.77. The van der Waals surface area contributed by atoms with Gasteiger partial charge in [0.1, 0.15) is 5.75 Å². The molecule has 0 saturated carbocycles. The Morgan fingerprint density at radius 2 is 1.71 bits per heavy atom. The standard InChI is InChI=1S/C14H10F5NO/c15-10-5-4-8(6-11(10)16)9-2-1-3-12(20)13(9)21-7-14(17,18)19/h1-6H,7,20H2. The average molecular weight is 303 g/mol. The summed E-state index contributed by atoms with van der Waals surface area (Å²) in [6.45, 7) is -1.53. The molecule has 0 heterocycles. The van der Waals surface area contributed by atoms with E-state index in [9.17, 15) is 22.0 Å². The van der Waals surface area contributed by atoms with E-state index in [1.807, 2.05) is 0 Å². The molecule has 7 heteroatoms. The van der Waals surface area contributed by atoms with E-state index in [4.69, 9.17) is 10.5 Å². The second-order valence-electron chi connectivity index (χ2n) is 4.26. The monoisotopic (exact) mass is 303 g/mol. The molecule has 112 valence electrons. The van der Waals surface area contributed by atoms with E-state index in [2.05, 4.69) is 0 Å². The van der Waals surface area contributed by atoms with Crippen molar-refractivity contribution in [3.8, 4) is 16.9 Å². The number of ether oxygens (including phenoxy) is 1. The summed E-state index contributed by atoms with van der Waals surface area (Å²) in [7, 11) is 0. The first-order chi connectivity index (χ1) is 9.78. The Balaban J connectivity index is 2.43. The van der Waals surface area contributed by atoms with Crippen molar-refractivity contribution in [2.45, 2.75) is 6.18 Å². The number of rotatable bonds is 3. The van der Waals surface area contributed by atoms with Crippen molar-refractivity contribution >= 4 is 5.69 Å². The zero-order valence-electron chi connectivity index (χ0n) is 10.5. The Kier molecular flexibility index (Phi) is 4.02. The SMILES string of the molecule is Nc1cccc(-c2ccc(F)c(F)c2)c1OCC(F)(F)F. The van der Waals surface area contributed by atoms with Gasteiger partial charge in [0.15, 0.2) is 18.2 Å². The minimum Gasteiger partial charge on any atom is -0.481 e. The largest absolute Gasteiger partial charge is 0.481 e. The number of alkyl halides is 3. The molecule has 0 atom stereocenters. The minimum atomic E-state index is -4.53. The fourth-order valence-electron chi connectivity index (χ4n) is 1.76. The molecule has 2 N–H and O–H groups in total. The third-order valence-electron chi connectivity index (χ3n) is 2.66. The normalized spacial score (nSPS) is 11.5. The molecule has 0 aliphatic heterocycles. The summed E-state index contributed by atoms with van der Waals surface area (Å²) in [4.78, 5) is 0. The van der Waals surface area contributed by atoms with Crippen LogP contribution in [0.1, 0.15) is 0 Å². The maximum absolute atomic E-state index is 13.2. The predicted octanol–water partition coefficient (Wildman–Crippen LogP) is 4.16. The number of nitrogens with two attached hydrogens (primary N) is 1. The van der Waals surface area contributed by atoms with Crippen molar-refractivity contribution in [2.75, 3.05) is 12.3 Å². The van der Waals surface area contributed by atoms with Crippen molar-refractivity contribution in [3.63, 3.8) is 0 Å². The van der Waals surface area contributed by atoms with Gasteiger partial charge in [-0.1, -0.05) is 18.2 Å². The van der Waals surface area contributed by atoms with Crippen LogP contribution in [0.4, 0.5) is 27.6 Å². The fraction of sp³-hybridized carbons (Fsp3) is 0.143. The molecule has 21 heavy (non-hydrogen) atoms. The van der Waals surface area contributed by atoms with Gasteiger partial charge in [0, 0.05) is 5.56 Å². The predicted molar refractivity (Wildman–Crippen MR) is 67.8 cm³/mol. The Morgan fingerprint density at radius 1 is 1.00 bits per heavy atom. The number of anilines is 1. The second-order valence-corrected chi connectivity index (χ2v) is 4.26. The van der Waals surface area contributed by atoms with Crippen molar-refractivity contribution in [1.29, 1.82) is 0 Å². The number of nitrogen functional groups attached to an aromatic ring is 1. The van der Waals surface area contributed by atoms with Gasteiger partial charge < -0.3 is 10.5 Å². The van der Waals surface area contributed by atoms with E-state index < -0.39 is 24.4 Å². The van der Waals surface area contributed by atoms with E-state index in [1.165, 1.54) is 24.3 Å². The topological polar surface area (TPSA) is 35.2 Å². The van der Waals surface area contributed by atoms with Crippen molar-refractivity contribution in [2.24, 2.45) is 0 Å². The molecular formula is C14H10F5NO. The number of hydrogen-bond donors (Lipinski definition) is 1. The molecule has 0 saturated heterocycles. The molecule has 2 rings (SSSR count). The number of benzene rings is 2. The first-order valence-electron chi connectivity index (χ1n) is 5.81. The maximum Gasteiger partial charge on any atom is 0.422 e. The quantitative estimate of drug-likeness (QED) is 0.683. The molecule has 2 nitrogen and oxygen atoms in total. The van der Waals surface area contributed by atoms with Crippen LogP contribution >= 0.6 is 0 Å². The van der Waals surface area contributed by atoms with Gasteiger partial charge in [-0.15, -0.1) is 0 Å². The zero-order chi connectivity index (χ0) is 15.6. The van der Waals surface area contributed by atoms with Crippen LogP contribution in [0, 0.1) is 11.6 Å². The first-order valence-corrected chi connectivity index (χ1v) is 5.81. The number of para-hydroxylation sites is 1. The summed E-state index contributed by atoms with van der Waals surface area (Å²) >= 11 is 0. The fourth-order valence-corrected chi connectivity index (χ4v) is 1.76. The lowest BCUT2D eigenvalue weighted by Gasteiger charge is -2.15. The third-order valence-corrected chi connectivity index (χ3v) is 2.66. The molecule has 0 fully saturated rings. The van der Waals surface area contributed by atoms with Crippen LogP contribution in [0.25, 0.3) is 11.1 Å². The Hall–Kier alpha value is -2.31. The second kappa shape index (κ2) is 5.59. The molecule has 0 aliphatic rings. The summed E-state index contributed by atoms with van der Waals surface area (Å²) in [6.07, 6.45) is -4.53. The van der Waals surface area contributed by atoms with Crippen LogP contribution in [0.3, 0.4) is 0 Å². The lowest BCUT2D eigenvalue weighted by atomic mass is 10.0. The van der Waals surface area contributed by atoms with Crippen LogP contribution in [0.5, 0.6) is 5.75 Å². The smallest absolute Gasteiger partial charge is 0.422 e. The number of halogens is 5. The highest BCUT2D eigenvalue weighted by atomic mass is 19.4. The van der Waals surface area contributed by atoms with E-state index in [0.29, 0.717) is 0 Å². The van der Waals surface area contributed by atoms with Crippen LogP contribution < -0.4 is 10.5 Å². The highest BCUT2D eigenvalue weighted by Gasteiger charge is 2.29. The van der Waals surface area contributed by atoms with Gasteiger partial charge in [-0.2, -0.15) is 13.2 Å². The lowest BCUT2D eigenvalue weighted by Crippen LogP contribution is -2.20. The summed E-state index contributed by atoms with van der Waals surface area (Å²) in [6, 6.07) is 7.22. The highest BCUT2D eigenvalue weighted by Crippen LogP contribution is 2.36. The Bertz CT molecular complexity index is 654. The van der Waals surface area contributed by atoms with Crippen molar-refractivity contribution < 1.29 is 26.7 Å². The summed E-state index contributed by atoms with van der Waals surface area (Å²) in [5.41, 5.74) is 5.89. The first kappa shape index (κ1) is 15.1. The van der Waals surface area contributed by atoms with Crippen LogP contribution in [0.2, 0.25) is 0 Å². The van der Waals surface area contributed by atoms with Gasteiger partial charge in [0.05, 0.1) is 5.69 Å². The van der Waals surface area contributed by atoms with Gasteiger partial charge in [0.25, 0.3) is 0 Å². The van der Waals surface area contributed by atoms with E-state index >= 15 is 0 Å². The molecule has 2 aromatic rings. The molecular weight excluding hydrogens is 293 g/mol. The molecule has 0 amide bonds. The average Bonchev–Trinajstić information content (AvgIpc) is 2.39. The van der Waals surface area contributed by atoms with E-state index in [1.54, 1.807) is 0 Å². The Labute approximate surface area is 116 Å². The molecule has 2 aromatic carbocycles. The molecule has 0 aromatic heterocycles. The van der Waals surface area contributed by atoms with Gasteiger partial charge >= 0.3 is 6.18 Å². The van der Waals surface area contributed by atoms with Gasteiger partial charge in [-0.3, -0.25) is 0 Å². The molecule has 0 unspecified atom stereocenters. The zero-order valence-corrected chi connectivity index (χ0v) is 10.5. The van der Waals surface area contributed by atoms with E-state index in [0.717, 1.165) is 12.1 Å². The van der Waals surface area contributed by atoms with Gasteiger partial charge in [-0.05, 0) is 23.8 Å². The molecule has 0 bridgehead atoms. The van der Waals surface area contributed by atoms with Gasteiger partial charge in [-0.25, -0.2) is 8.78 Å². The summed E-state index contributed by atoms with van der Waals surface area (Å²) in [5.74, 6) is -2.39. The molecule has 0 aliphatic carbocycles. The van der Waals surface area contributed by atoms with Crippen molar-refractivity contribution in [1.82, 2.24) is 0 Å². The Morgan fingerprint density at radius 3 is 2.33 bits per heavy atom. The van der Waals surface area contributed by atoms with Crippen molar-refractivity contribution in [3.05, 3.63) is 48.0 Å². The summed E-state index contributed by atoms with van der Waals surface area (Å²) < 4.78 is 67.6. The third kappa shape index (κ3) is 3.62. The lowest BCUT2D eigenvalue weighted by molar-refractivity contribution is -0.153. The minimum absolute atomic E-state index is 0.0264.